The minimum Gasteiger partial charge on any atom is -0.478 e. The van der Waals surface area contributed by atoms with Crippen LogP contribution >= 0.6 is 0 Å². The van der Waals surface area contributed by atoms with Gasteiger partial charge in [0, 0.05) is 17.8 Å². The summed E-state index contributed by atoms with van der Waals surface area (Å²) in [5, 5.41) is 11.8. The van der Waals surface area contributed by atoms with Crippen molar-refractivity contribution in [3.63, 3.8) is 0 Å². The number of anilines is 1. The van der Waals surface area contributed by atoms with Crippen molar-refractivity contribution in [1.29, 1.82) is 5.26 Å². The van der Waals surface area contributed by atoms with E-state index in [1.807, 2.05) is 37.3 Å². The summed E-state index contributed by atoms with van der Waals surface area (Å²) in [5.74, 6) is 0.437. The highest BCUT2D eigenvalue weighted by molar-refractivity contribution is 5.51. The predicted molar refractivity (Wildman–Crippen MR) is 76.0 cm³/mol. The number of ether oxygens (including phenoxy) is 1. The summed E-state index contributed by atoms with van der Waals surface area (Å²) in [5.41, 5.74) is 2.67. The minimum absolute atomic E-state index is 0.0204. The Balaban J connectivity index is 2.09. The number of nitriles is 1. The number of aryl methyl sites for hydroxylation is 1. The summed E-state index contributed by atoms with van der Waals surface area (Å²) in [7, 11) is 0. The van der Waals surface area contributed by atoms with E-state index in [0.29, 0.717) is 12.3 Å². The summed E-state index contributed by atoms with van der Waals surface area (Å²) in [4.78, 5) is 0. The van der Waals surface area contributed by atoms with Gasteiger partial charge in [0.2, 0.25) is 0 Å². The van der Waals surface area contributed by atoms with E-state index >= 15 is 0 Å². The fourth-order valence-electron chi connectivity index (χ4n) is 1.92. The second-order valence-corrected chi connectivity index (χ2v) is 4.37. The van der Waals surface area contributed by atoms with Crippen molar-refractivity contribution in [3.8, 4) is 11.8 Å². The van der Waals surface area contributed by atoms with Crippen LogP contribution in [-0.2, 0) is 6.54 Å². The van der Waals surface area contributed by atoms with Gasteiger partial charge in [0.05, 0.1) is 0 Å². The Kier molecular flexibility index (Phi) is 4.56. The van der Waals surface area contributed by atoms with Crippen molar-refractivity contribution in [1.82, 2.24) is 0 Å². The second kappa shape index (κ2) is 6.58. The molecule has 0 atom stereocenters. The first-order valence-electron chi connectivity index (χ1n) is 6.28. The molecule has 0 aliphatic rings. The molecule has 0 bridgehead atoms. The maximum Gasteiger partial charge on any atom is 0.174 e. The van der Waals surface area contributed by atoms with Crippen LogP contribution in [0.3, 0.4) is 0 Å². The smallest absolute Gasteiger partial charge is 0.174 e. The van der Waals surface area contributed by atoms with Crippen molar-refractivity contribution in [2.45, 2.75) is 13.5 Å². The van der Waals surface area contributed by atoms with Crippen LogP contribution in [0.4, 0.5) is 10.1 Å². The number of nitrogens with one attached hydrogen (secondary N) is 1. The zero-order valence-electron chi connectivity index (χ0n) is 11.2. The third-order valence-electron chi connectivity index (χ3n) is 2.92. The molecule has 102 valence electrons. The zero-order chi connectivity index (χ0) is 14.4. The fraction of sp³-hybridized carbons (Fsp3) is 0.188. The molecular weight excluding hydrogens is 255 g/mol. The van der Waals surface area contributed by atoms with E-state index in [2.05, 4.69) is 5.32 Å². The maximum absolute atomic E-state index is 13.0. The van der Waals surface area contributed by atoms with Gasteiger partial charge in [0.25, 0.3) is 0 Å². The van der Waals surface area contributed by atoms with E-state index in [-0.39, 0.29) is 12.4 Å². The highest BCUT2D eigenvalue weighted by atomic mass is 19.1. The fourth-order valence-corrected chi connectivity index (χ4v) is 1.92. The molecule has 0 aromatic heterocycles. The van der Waals surface area contributed by atoms with Crippen molar-refractivity contribution in [2.75, 3.05) is 11.9 Å². The first-order chi connectivity index (χ1) is 9.70. The molecule has 20 heavy (non-hydrogen) atoms. The molecule has 0 aliphatic carbocycles. The SMILES string of the molecule is Cc1cc(F)ccc1NCc1ccccc1OCC#N. The molecule has 2 aromatic rings. The van der Waals surface area contributed by atoms with Crippen molar-refractivity contribution < 1.29 is 9.13 Å². The minimum atomic E-state index is -0.245. The average Bonchev–Trinajstić information content (AvgIpc) is 2.45. The highest BCUT2D eigenvalue weighted by Gasteiger charge is 2.04. The predicted octanol–water partition coefficient (Wildman–Crippen LogP) is 3.65. The molecule has 0 unspecified atom stereocenters. The third-order valence-corrected chi connectivity index (χ3v) is 2.92. The van der Waals surface area contributed by atoms with Gasteiger partial charge in [0.1, 0.15) is 17.6 Å². The van der Waals surface area contributed by atoms with Crippen molar-refractivity contribution in [2.24, 2.45) is 0 Å². The number of para-hydroxylation sites is 1. The third kappa shape index (κ3) is 3.48. The van der Waals surface area contributed by atoms with Gasteiger partial charge in [-0.2, -0.15) is 5.26 Å². The van der Waals surface area contributed by atoms with Crippen LogP contribution in [0.5, 0.6) is 5.75 Å². The molecule has 3 nitrogen and oxygen atoms in total. The molecule has 0 heterocycles. The molecule has 1 N–H and O–H groups in total. The molecule has 0 fully saturated rings. The largest absolute Gasteiger partial charge is 0.478 e. The second-order valence-electron chi connectivity index (χ2n) is 4.37. The van der Waals surface area contributed by atoms with Crippen LogP contribution in [0.15, 0.2) is 42.5 Å². The summed E-state index contributed by atoms with van der Waals surface area (Å²) in [6, 6.07) is 14.1. The number of rotatable bonds is 5. The normalized spacial score (nSPS) is 9.85. The van der Waals surface area contributed by atoms with Gasteiger partial charge >= 0.3 is 0 Å². The number of hydrogen-bond acceptors (Lipinski definition) is 3. The number of benzene rings is 2. The van der Waals surface area contributed by atoms with Crippen molar-refractivity contribution >= 4 is 5.69 Å². The van der Waals surface area contributed by atoms with Gasteiger partial charge in [-0.05, 0) is 36.8 Å². The maximum atomic E-state index is 13.0. The van der Waals surface area contributed by atoms with E-state index in [4.69, 9.17) is 10.00 Å². The standard InChI is InChI=1S/C16H15FN2O/c1-12-10-14(17)6-7-15(12)19-11-13-4-2-3-5-16(13)20-9-8-18/h2-7,10,19H,9,11H2,1H3. The Morgan fingerprint density at radius 3 is 2.80 bits per heavy atom. The van der Waals surface area contributed by atoms with E-state index in [0.717, 1.165) is 16.8 Å². The Morgan fingerprint density at radius 1 is 1.25 bits per heavy atom. The molecule has 0 amide bonds. The lowest BCUT2D eigenvalue weighted by atomic mass is 10.1. The van der Waals surface area contributed by atoms with Gasteiger partial charge in [-0.15, -0.1) is 0 Å². The molecule has 0 aliphatic heterocycles. The molecule has 2 aromatic carbocycles. The Bertz CT molecular complexity index is 635. The van der Waals surface area contributed by atoms with Gasteiger partial charge in [-0.25, -0.2) is 4.39 Å². The molecule has 0 saturated carbocycles. The molecule has 4 heteroatoms. The van der Waals surface area contributed by atoms with Crippen LogP contribution in [-0.4, -0.2) is 6.61 Å². The molecular formula is C16H15FN2O. The quantitative estimate of drug-likeness (QED) is 0.902. The van der Waals surface area contributed by atoms with Crippen LogP contribution in [0.25, 0.3) is 0 Å². The van der Waals surface area contributed by atoms with Crippen molar-refractivity contribution in [3.05, 3.63) is 59.4 Å². The lowest BCUT2D eigenvalue weighted by molar-refractivity contribution is 0.364. The Hall–Kier alpha value is -2.54. The highest BCUT2D eigenvalue weighted by Crippen LogP contribution is 2.21. The van der Waals surface area contributed by atoms with Gasteiger partial charge in [0.15, 0.2) is 6.61 Å². The monoisotopic (exact) mass is 270 g/mol. The molecule has 0 saturated heterocycles. The zero-order valence-corrected chi connectivity index (χ0v) is 11.2. The topological polar surface area (TPSA) is 45.0 Å². The number of halogens is 1. The molecule has 0 radical (unpaired) electrons. The van der Waals surface area contributed by atoms with Crippen LogP contribution in [0, 0.1) is 24.1 Å². The lowest BCUT2D eigenvalue weighted by Crippen LogP contribution is -2.04. The van der Waals surface area contributed by atoms with Gasteiger partial charge in [-0.3, -0.25) is 0 Å². The first kappa shape index (κ1) is 13.9. The van der Waals surface area contributed by atoms with E-state index in [1.54, 1.807) is 6.07 Å². The Morgan fingerprint density at radius 2 is 2.05 bits per heavy atom. The summed E-state index contributed by atoms with van der Waals surface area (Å²) >= 11 is 0. The molecule has 0 spiro atoms. The Labute approximate surface area is 117 Å². The lowest BCUT2D eigenvalue weighted by Gasteiger charge is -2.12. The van der Waals surface area contributed by atoms with Gasteiger partial charge < -0.3 is 10.1 Å². The van der Waals surface area contributed by atoms with Crippen LogP contribution < -0.4 is 10.1 Å². The number of hydrogen-bond donors (Lipinski definition) is 1. The van der Waals surface area contributed by atoms with Gasteiger partial charge in [-0.1, -0.05) is 18.2 Å². The van der Waals surface area contributed by atoms with E-state index < -0.39 is 0 Å². The van der Waals surface area contributed by atoms with Crippen LogP contribution in [0.2, 0.25) is 0 Å². The first-order valence-corrected chi connectivity index (χ1v) is 6.28. The average molecular weight is 270 g/mol. The summed E-state index contributed by atoms with van der Waals surface area (Å²) < 4.78 is 18.4. The van der Waals surface area contributed by atoms with E-state index in [1.165, 1.54) is 12.1 Å². The number of nitrogens with zero attached hydrogens (tertiary/aromatic N) is 1. The summed E-state index contributed by atoms with van der Waals surface area (Å²) in [6.07, 6.45) is 0. The van der Waals surface area contributed by atoms with Crippen LogP contribution in [0.1, 0.15) is 11.1 Å². The van der Waals surface area contributed by atoms with E-state index in [9.17, 15) is 4.39 Å². The summed E-state index contributed by atoms with van der Waals surface area (Å²) in [6.45, 7) is 2.42. The molecule has 2 rings (SSSR count).